The molecule has 3 aliphatic rings. The van der Waals surface area contributed by atoms with Gasteiger partial charge >= 0.3 is 0 Å². The second kappa shape index (κ2) is 11.9. The van der Waals surface area contributed by atoms with Crippen molar-refractivity contribution in [2.45, 2.75) is 140 Å². The van der Waals surface area contributed by atoms with Gasteiger partial charge in [0.2, 0.25) is 0 Å². The Morgan fingerprint density at radius 2 is 1.48 bits per heavy atom. The van der Waals surface area contributed by atoms with Crippen molar-refractivity contribution in [3.63, 3.8) is 0 Å². The third-order valence-electron chi connectivity index (χ3n) is 6.62. The predicted octanol–water partition coefficient (Wildman–Crippen LogP) is 4.12. The minimum absolute atomic E-state index is 0.00555. The van der Waals surface area contributed by atoms with Gasteiger partial charge in [-0.3, -0.25) is 0 Å². The first-order chi connectivity index (χ1) is 15.7. The molecule has 3 heterocycles. The molecule has 192 valence electrons. The highest BCUT2D eigenvalue weighted by Crippen LogP contribution is 2.42. The van der Waals surface area contributed by atoms with E-state index in [9.17, 15) is 4.79 Å². The molecule has 0 aromatic heterocycles. The smallest absolute Gasteiger partial charge is 0.164 e. The van der Waals surface area contributed by atoms with E-state index in [1.54, 1.807) is 7.11 Å². The zero-order chi connectivity index (χ0) is 24.1. The highest BCUT2D eigenvalue weighted by molar-refractivity contribution is 5.50. The molecule has 0 unspecified atom stereocenters. The zero-order valence-corrected chi connectivity index (χ0v) is 21.2. The first-order valence-electron chi connectivity index (χ1n) is 12.6. The Hall–Kier alpha value is -0.610. The fourth-order valence-corrected chi connectivity index (χ4v) is 5.30. The van der Waals surface area contributed by atoms with E-state index in [4.69, 9.17) is 33.2 Å². The average Bonchev–Trinajstić information content (AvgIpc) is 3.22. The van der Waals surface area contributed by atoms with Crippen LogP contribution in [0.2, 0.25) is 0 Å². The highest BCUT2D eigenvalue weighted by Gasteiger charge is 2.56. The number of unbranched alkanes of at least 4 members (excludes halogenated alkanes) is 4. The van der Waals surface area contributed by atoms with Gasteiger partial charge < -0.3 is 38.0 Å². The summed E-state index contributed by atoms with van der Waals surface area (Å²) in [5.41, 5.74) is 0. The lowest BCUT2D eigenvalue weighted by Gasteiger charge is -2.42. The monoisotopic (exact) mass is 472 g/mol. The van der Waals surface area contributed by atoms with Crippen molar-refractivity contribution in [3.8, 4) is 0 Å². The molecule has 33 heavy (non-hydrogen) atoms. The molecule has 8 heteroatoms. The molecule has 3 fully saturated rings. The minimum Gasteiger partial charge on any atom is -0.369 e. The summed E-state index contributed by atoms with van der Waals surface area (Å²) in [6.07, 6.45) is 6.73. The summed E-state index contributed by atoms with van der Waals surface area (Å²) < 4.78 is 42.5. The maximum atomic E-state index is 11.4. The largest absolute Gasteiger partial charge is 0.369 e. The first-order valence-corrected chi connectivity index (χ1v) is 12.6. The minimum atomic E-state index is -0.771. The molecule has 8 nitrogen and oxygen atoms in total. The van der Waals surface area contributed by atoms with Gasteiger partial charge in [0, 0.05) is 20.0 Å². The van der Waals surface area contributed by atoms with Crippen molar-refractivity contribution in [2.75, 3.05) is 13.9 Å². The maximum Gasteiger partial charge on any atom is 0.164 e. The number of carbonyl (C=O) groups is 1. The van der Waals surface area contributed by atoms with Gasteiger partial charge in [-0.05, 0) is 34.1 Å². The number of methoxy groups -OCH3 is 1. The molecule has 3 saturated heterocycles. The number of hydrogen-bond donors (Lipinski definition) is 0. The summed E-state index contributed by atoms with van der Waals surface area (Å²) in [6.45, 7) is 10.0. The Kier molecular flexibility index (Phi) is 9.72. The molecular formula is C25H44O8. The van der Waals surface area contributed by atoms with Gasteiger partial charge in [0.15, 0.2) is 11.6 Å². The summed E-state index contributed by atoms with van der Waals surface area (Å²) in [6, 6.07) is 0. The van der Waals surface area contributed by atoms with Gasteiger partial charge in [0.1, 0.15) is 31.4 Å². The summed E-state index contributed by atoms with van der Waals surface area (Å²) in [5, 5.41) is 0. The highest BCUT2D eigenvalue weighted by atomic mass is 16.8. The van der Waals surface area contributed by atoms with Crippen LogP contribution < -0.4 is 0 Å². The maximum absolute atomic E-state index is 11.4. The van der Waals surface area contributed by atoms with Crippen molar-refractivity contribution in [1.82, 2.24) is 0 Å². The van der Waals surface area contributed by atoms with Crippen LogP contribution in [-0.2, 0) is 38.0 Å². The molecule has 0 radical (unpaired) electrons. The Bertz CT molecular complexity index is 609. The molecule has 0 aliphatic carbocycles. The van der Waals surface area contributed by atoms with Crippen molar-refractivity contribution < 1.29 is 38.0 Å². The molecule has 0 bridgehead atoms. The van der Waals surface area contributed by atoms with Crippen molar-refractivity contribution in [2.24, 2.45) is 0 Å². The SMILES string of the molecule is CCCCCCC[C@H]1OC(C)(C)O[C@@H]1C[C@H]1O[C@@H](CC=O)[C@@H](OCOC)[C@@H]2OC(C)(C)O[C@@H]21. The van der Waals surface area contributed by atoms with Crippen LogP contribution in [-0.4, -0.2) is 74.5 Å². The van der Waals surface area contributed by atoms with Gasteiger partial charge in [-0.2, -0.15) is 0 Å². The topological polar surface area (TPSA) is 81.7 Å². The van der Waals surface area contributed by atoms with Crippen LogP contribution in [0.15, 0.2) is 0 Å². The van der Waals surface area contributed by atoms with Crippen LogP contribution in [0, 0.1) is 0 Å². The zero-order valence-electron chi connectivity index (χ0n) is 21.2. The van der Waals surface area contributed by atoms with Crippen molar-refractivity contribution in [3.05, 3.63) is 0 Å². The average molecular weight is 473 g/mol. The standard InChI is InChI=1S/C25H44O8/c1-7-8-9-10-11-12-17-19(31-24(2,3)30-17)15-20-22-23(33-25(4,5)32-22)21(28-16-27-6)18(29-20)13-14-26/h14,17-23H,7-13,15-16H2,1-6H3/t17-,18+,19-,20-,21-,22-,23+/m1/s1. The predicted molar refractivity (Wildman–Crippen MR) is 122 cm³/mol. The van der Waals surface area contributed by atoms with E-state index in [-0.39, 0.29) is 43.7 Å². The Balaban J connectivity index is 1.71. The van der Waals surface area contributed by atoms with Crippen LogP contribution in [0.3, 0.4) is 0 Å². The summed E-state index contributed by atoms with van der Waals surface area (Å²) in [4.78, 5) is 11.4. The van der Waals surface area contributed by atoms with Crippen molar-refractivity contribution in [1.29, 1.82) is 0 Å². The van der Waals surface area contributed by atoms with Crippen LogP contribution in [0.1, 0.15) is 86.0 Å². The molecule has 0 aromatic rings. The van der Waals surface area contributed by atoms with Gasteiger partial charge in [0.25, 0.3) is 0 Å². The molecule has 0 amide bonds. The van der Waals surface area contributed by atoms with Gasteiger partial charge in [-0.15, -0.1) is 0 Å². The lowest BCUT2D eigenvalue weighted by atomic mass is 9.89. The second-order valence-corrected chi connectivity index (χ2v) is 10.4. The van der Waals surface area contributed by atoms with Gasteiger partial charge in [0.05, 0.1) is 24.4 Å². The van der Waals surface area contributed by atoms with Crippen LogP contribution >= 0.6 is 0 Å². The third-order valence-corrected chi connectivity index (χ3v) is 6.62. The molecule has 0 N–H and O–H groups in total. The number of aldehydes is 1. The molecule has 0 aromatic carbocycles. The van der Waals surface area contributed by atoms with E-state index in [0.717, 1.165) is 19.1 Å². The number of ether oxygens (including phenoxy) is 7. The van der Waals surface area contributed by atoms with Crippen molar-refractivity contribution >= 4 is 6.29 Å². The number of rotatable bonds is 13. The molecular weight excluding hydrogens is 428 g/mol. The van der Waals surface area contributed by atoms with Gasteiger partial charge in [-0.1, -0.05) is 39.0 Å². The fourth-order valence-electron chi connectivity index (χ4n) is 5.30. The Labute approximate surface area is 198 Å². The normalized spacial score (nSPS) is 37.2. The molecule has 7 atom stereocenters. The third kappa shape index (κ3) is 7.19. The summed E-state index contributed by atoms with van der Waals surface area (Å²) in [7, 11) is 1.57. The molecule has 3 aliphatic heterocycles. The molecule has 0 spiro atoms. The van der Waals surface area contributed by atoms with E-state index in [2.05, 4.69) is 6.92 Å². The van der Waals surface area contributed by atoms with Crippen LogP contribution in [0.5, 0.6) is 0 Å². The lowest BCUT2D eigenvalue weighted by Crippen LogP contribution is -2.58. The van der Waals surface area contributed by atoms with Crippen LogP contribution in [0.4, 0.5) is 0 Å². The molecule has 3 rings (SSSR count). The summed E-state index contributed by atoms with van der Waals surface area (Å²) >= 11 is 0. The Morgan fingerprint density at radius 3 is 2.18 bits per heavy atom. The van der Waals surface area contributed by atoms with E-state index in [0.29, 0.717) is 6.42 Å². The number of fused-ring (bicyclic) bond motifs is 1. The Morgan fingerprint density at radius 1 is 0.818 bits per heavy atom. The van der Waals surface area contributed by atoms with E-state index in [1.165, 1.54) is 25.7 Å². The van der Waals surface area contributed by atoms with E-state index in [1.807, 2.05) is 27.7 Å². The summed E-state index contributed by atoms with van der Waals surface area (Å²) in [5.74, 6) is -1.40. The van der Waals surface area contributed by atoms with E-state index >= 15 is 0 Å². The number of hydrogen-bond acceptors (Lipinski definition) is 8. The lowest BCUT2D eigenvalue weighted by molar-refractivity contribution is -0.229. The van der Waals surface area contributed by atoms with Crippen LogP contribution in [0.25, 0.3) is 0 Å². The van der Waals surface area contributed by atoms with Gasteiger partial charge in [-0.25, -0.2) is 0 Å². The second-order valence-electron chi connectivity index (χ2n) is 10.4. The van der Waals surface area contributed by atoms with E-state index < -0.39 is 23.8 Å². The fraction of sp³-hybridized carbons (Fsp3) is 0.960. The number of carbonyl (C=O) groups excluding carboxylic acids is 1. The quantitative estimate of drug-likeness (QED) is 0.225. The first kappa shape index (κ1) is 27.0. The molecule has 0 saturated carbocycles.